The SMILES string of the molecule is CCNC(=O)Nc1ncnc2c1ncn2C1CC(CNCc2c[nH]cc2C(=O)O)C2O[C@H](/C=C/c3ccccc3)OC21. The van der Waals surface area contributed by atoms with Gasteiger partial charge in [-0.3, -0.25) is 5.32 Å². The highest BCUT2D eigenvalue weighted by molar-refractivity contribution is 5.95. The van der Waals surface area contributed by atoms with Crippen LogP contribution in [0.15, 0.2) is 61.5 Å². The highest BCUT2D eigenvalue weighted by atomic mass is 16.7. The molecule has 2 amide bonds. The smallest absolute Gasteiger partial charge is 0.337 e. The lowest BCUT2D eigenvalue weighted by molar-refractivity contribution is -0.0499. The van der Waals surface area contributed by atoms with Gasteiger partial charge in [-0.25, -0.2) is 24.5 Å². The second-order valence-electron chi connectivity index (χ2n) is 10.3. The third-order valence-corrected chi connectivity index (χ3v) is 7.61. The molecule has 4 unspecified atom stereocenters. The molecule has 1 aliphatic heterocycles. The number of ether oxygens (including phenoxy) is 2. The average Bonchev–Trinajstić information content (AvgIpc) is 3.77. The van der Waals surface area contributed by atoms with Crippen molar-refractivity contribution in [3.05, 3.63) is 78.1 Å². The van der Waals surface area contributed by atoms with Crippen molar-refractivity contribution in [1.82, 2.24) is 35.1 Å². The number of amides is 2. The molecule has 3 aromatic heterocycles. The van der Waals surface area contributed by atoms with Gasteiger partial charge in [-0.1, -0.05) is 36.4 Å². The minimum Gasteiger partial charge on any atom is -0.478 e. The third kappa shape index (κ3) is 5.62. The lowest BCUT2D eigenvalue weighted by Gasteiger charge is -2.20. The molecule has 42 heavy (non-hydrogen) atoms. The van der Waals surface area contributed by atoms with Gasteiger partial charge in [0.1, 0.15) is 12.4 Å². The van der Waals surface area contributed by atoms with Gasteiger partial charge in [-0.15, -0.1) is 0 Å². The van der Waals surface area contributed by atoms with E-state index in [1.165, 1.54) is 12.5 Å². The number of urea groups is 1. The van der Waals surface area contributed by atoms with E-state index >= 15 is 0 Å². The molecule has 5 N–H and O–H groups in total. The van der Waals surface area contributed by atoms with E-state index in [4.69, 9.17) is 9.47 Å². The predicted octanol–water partition coefficient (Wildman–Crippen LogP) is 3.17. The lowest BCUT2D eigenvalue weighted by atomic mass is 10.1. The summed E-state index contributed by atoms with van der Waals surface area (Å²) in [5, 5.41) is 18.3. The number of nitrogens with zero attached hydrogens (tertiary/aromatic N) is 4. The van der Waals surface area contributed by atoms with E-state index in [1.54, 1.807) is 12.5 Å². The van der Waals surface area contributed by atoms with Crippen molar-refractivity contribution >= 4 is 35.1 Å². The van der Waals surface area contributed by atoms with Crippen LogP contribution in [0.3, 0.4) is 0 Å². The molecule has 1 saturated heterocycles. The van der Waals surface area contributed by atoms with Crippen LogP contribution in [0.1, 0.15) is 40.9 Å². The number of benzene rings is 1. The molecule has 13 nitrogen and oxygen atoms in total. The van der Waals surface area contributed by atoms with Crippen LogP contribution in [0.5, 0.6) is 0 Å². The van der Waals surface area contributed by atoms with Gasteiger partial charge in [0.25, 0.3) is 0 Å². The van der Waals surface area contributed by atoms with Crippen LogP contribution in [0, 0.1) is 5.92 Å². The normalized spacial score (nSPS) is 23.4. The lowest BCUT2D eigenvalue weighted by Crippen LogP contribution is -2.32. The number of nitrogens with one attached hydrogen (secondary N) is 4. The number of hydrogen-bond donors (Lipinski definition) is 5. The number of carbonyl (C=O) groups is 2. The van der Waals surface area contributed by atoms with Crippen molar-refractivity contribution in [2.45, 2.75) is 44.4 Å². The summed E-state index contributed by atoms with van der Waals surface area (Å²) < 4.78 is 14.9. The third-order valence-electron chi connectivity index (χ3n) is 7.61. The number of imidazole rings is 1. The topological polar surface area (TPSA) is 168 Å². The van der Waals surface area contributed by atoms with E-state index in [1.807, 2.05) is 54.0 Å². The largest absolute Gasteiger partial charge is 0.478 e. The van der Waals surface area contributed by atoms with Crippen LogP contribution in [-0.4, -0.2) is 73.2 Å². The quantitative estimate of drug-likeness (QED) is 0.192. The Bertz CT molecular complexity index is 1590. The summed E-state index contributed by atoms with van der Waals surface area (Å²) in [7, 11) is 0. The van der Waals surface area contributed by atoms with E-state index in [0.717, 1.165) is 5.56 Å². The number of anilines is 1. The zero-order valence-electron chi connectivity index (χ0n) is 22.9. The van der Waals surface area contributed by atoms with Gasteiger partial charge in [0.2, 0.25) is 0 Å². The summed E-state index contributed by atoms with van der Waals surface area (Å²) >= 11 is 0. The van der Waals surface area contributed by atoms with Crippen molar-refractivity contribution in [1.29, 1.82) is 0 Å². The number of fused-ring (bicyclic) bond motifs is 2. The molecule has 1 saturated carbocycles. The number of aromatic nitrogens is 5. The van der Waals surface area contributed by atoms with Gasteiger partial charge in [-0.05, 0) is 30.5 Å². The molecule has 218 valence electrons. The van der Waals surface area contributed by atoms with E-state index in [2.05, 4.69) is 35.9 Å². The van der Waals surface area contributed by atoms with Gasteiger partial charge in [0, 0.05) is 37.9 Å². The first-order valence-electron chi connectivity index (χ1n) is 13.9. The van der Waals surface area contributed by atoms with Crippen molar-refractivity contribution in [3.63, 3.8) is 0 Å². The van der Waals surface area contributed by atoms with Crippen LogP contribution in [-0.2, 0) is 16.0 Å². The fourth-order valence-electron chi connectivity index (χ4n) is 5.71. The number of carboxylic acids is 1. The van der Waals surface area contributed by atoms with Crippen LogP contribution in [0.2, 0.25) is 0 Å². The Morgan fingerprint density at radius 3 is 2.79 bits per heavy atom. The average molecular weight is 573 g/mol. The van der Waals surface area contributed by atoms with Gasteiger partial charge in [0.15, 0.2) is 23.3 Å². The van der Waals surface area contributed by atoms with Gasteiger partial charge < -0.3 is 34.8 Å². The number of carboxylic acid groups (broad SMARTS) is 1. The molecule has 0 bridgehead atoms. The van der Waals surface area contributed by atoms with Crippen molar-refractivity contribution < 1.29 is 24.2 Å². The molecule has 1 aromatic carbocycles. The second kappa shape index (κ2) is 12.1. The number of carbonyl (C=O) groups excluding carboxylic acids is 1. The summed E-state index contributed by atoms with van der Waals surface area (Å²) in [5.41, 5.74) is 3.04. The van der Waals surface area contributed by atoms with Crippen LogP contribution in [0.25, 0.3) is 17.2 Å². The summed E-state index contributed by atoms with van der Waals surface area (Å²) in [4.78, 5) is 39.8. The summed E-state index contributed by atoms with van der Waals surface area (Å²) in [6.07, 6.45) is 9.86. The predicted molar refractivity (Wildman–Crippen MR) is 154 cm³/mol. The van der Waals surface area contributed by atoms with Crippen LogP contribution < -0.4 is 16.0 Å². The highest BCUT2D eigenvalue weighted by Gasteiger charge is 2.51. The first-order chi connectivity index (χ1) is 20.5. The highest BCUT2D eigenvalue weighted by Crippen LogP contribution is 2.45. The molecule has 4 heterocycles. The number of rotatable bonds is 10. The van der Waals surface area contributed by atoms with E-state index in [-0.39, 0.29) is 35.8 Å². The molecule has 0 radical (unpaired) electrons. The molecular formula is C29H32N8O5. The van der Waals surface area contributed by atoms with Gasteiger partial charge in [-0.2, -0.15) is 0 Å². The summed E-state index contributed by atoms with van der Waals surface area (Å²) in [6.45, 7) is 3.30. The number of hydrogen-bond acceptors (Lipinski definition) is 8. The molecule has 1 aliphatic carbocycles. The molecule has 13 heteroatoms. The Balaban J connectivity index is 1.23. The monoisotopic (exact) mass is 572 g/mol. The van der Waals surface area contributed by atoms with Crippen molar-refractivity contribution in [3.8, 4) is 0 Å². The maximum Gasteiger partial charge on any atom is 0.337 e. The van der Waals surface area contributed by atoms with E-state index in [0.29, 0.717) is 48.6 Å². The fourth-order valence-corrected chi connectivity index (χ4v) is 5.71. The van der Waals surface area contributed by atoms with E-state index in [9.17, 15) is 14.7 Å². The zero-order chi connectivity index (χ0) is 29.1. The molecule has 5 atom stereocenters. The first kappa shape index (κ1) is 27.6. The molecule has 0 spiro atoms. The maximum atomic E-state index is 12.2. The Morgan fingerprint density at radius 2 is 1.98 bits per heavy atom. The summed E-state index contributed by atoms with van der Waals surface area (Å²) in [5.74, 6) is -0.579. The van der Waals surface area contributed by atoms with Crippen molar-refractivity contribution in [2.75, 3.05) is 18.4 Å². The van der Waals surface area contributed by atoms with Crippen LogP contribution >= 0.6 is 0 Å². The Kier molecular flexibility index (Phi) is 7.95. The van der Waals surface area contributed by atoms with Gasteiger partial charge >= 0.3 is 12.0 Å². The summed E-state index contributed by atoms with van der Waals surface area (Å²) in [6, 6.07) is 9.43. The standard InChI is InChI=1S/C29H32N8O5/c1-2-32-29(40)36-26-23-27(34-15-33-26)37(16-35-23)21-10-18(11-30-12-19-13-31-14-20(19)28(38)39)24-25(21)42-22(41-24)9-8-17-6-4-3-5-7-17/h3-9,13-16,18,21-22,24-25,30-31H,2,10-12H2,1H3,(H,38,39)(H2,32,33,34,36,40)/b9-8+/t18?,21?,22-,24?,25?/m0/s1. The zero-order valence-corrected chi connectivity index (χ0v) is 22.9. The Labute approximate surface area is 241 Å². The number of aromatic carboxylic acids is 1. The number of H-pyrrole nitrogens is 1. The first-order valence-corrected chi connectivity index (χ1v) is 13.9. The Morgan fingerprint density at radius 1 is 1.14 bits per heavy atom. The molecular weight excluding hydrogens is 540 g/mol. The fraction of sp³-hybridized carbons (Fsp3) is 0.345. The maximum absolute atomic E-state index is 12.2. The van der Waals surface area contributed by atoms with Gasteiger partial charge in [0.05, 0.1) is 24.0 Å². The van der Waals surface area contributed by atoms with Crippen LogP contribution in [0.4, 0.5) is 10.6 Å². The van der Waals surface area contributed by atoms with Crippen molar-refractivity contribution in [2.24, 2.45) is 5.92 Å². The minimum absolute atomic E-state index is 0.0644. The Hall–Kier alpha value is -4.59. The number of aromatic amines is 1. The molecule has 6 rings (SSSR count). The van der Waals surface area contributed by atoms with E-state index < -0.39 is 12.3 Å². The molecule has 2 fully saturated rings. The second-order valence-corrected chi connectivity index (χ2v) is 10.3. The molecule has 2 aliphatic rings. The molecule has 4 aromatic rings. The minimum atomic E-state index is -0.968.